The minimum absolute atomic E-state index is 0.543. The van der Waals surface area contributed by atoms with E-state index in [1.807, 2.05) is 279 Å². The second-order valence-electron chi connectivity index (χ2n) is 27.2. The summed E-state index contributed by atoms with van der Waals surface area (Å²) in [5.74, 6) is 4.53. The van der Waals surface area contributed by atoms with Gasteiger partial charge in [0.15, 0.2) is 57.8 Å². The Morgan fingerprint density at radius 1 is 0.161 bits per heavy atom. The molecule has 0 fully saturated rings. The maximum atomic E-state index is 6.75. The van der Waals surface area contributed by atoms with E-state index in [4.69, 9.17) is 67.5 Å². The first-order valence-electron chi connectivity index (χ1n) is 36.8. The van der Waals surface area contributed by atoms with Crippen LogP contribution in [0, 0.1) is 0 Å². The highest BCUT2D eigenvalue weighted by Gasteiger charge is 2.27. The van der Waals surface area contributed by atoms with Crippen molar-refractivity contribution in [2.45, 2.75) is 0 Å². The summed E-state index contributed by atoms with van der Waals surface area (Å²) in [5, 5.41) is 5.47. The molecule has 0 spiro atoms. The lowest BCUT2D eigenvalue weighted by Gasteiger charge is -2.10. The molecular weight excluding hydrogens is 1380 g/mol. The van der Waals surface area contributed by atoms with Crippen LogP contribution in [0.25, 0.3) is 224 Å². The number of furan rings is 4. The summed E-state index contributed by atoms with van der Waals surface area (Å²) in [5.41, 5.74) is 21.7. The fourth-order valence-electron chi connectivity index (χ4n) is 15.0. The minimum atomic E-state index is 0.543. The molecule has 22 aromatic rings. The van der Waals surface area contributed by atoms with Gasteiger partial charge in [-0.25, -0.2) is 49.8 Å². The zero-order chi connectivity index (χ0) is 74.0. The van der Waals surface area contributed by atoms with Crippen molar-refractivity contribution in [1.29, 1.82) is 0 Å². The molecule has 8 aromatic heterocycles. The first-order valence-corrected chi connectivity index (χ1v) is 36.8. The molecule has 0 aliphatic rings. The Bertz CT molecular complexity index is 7360. The molecule has 0 aliphatic heterocycles. The van der Waals surface area contributed by atoms with Gasteiger partial charge in [-0.3, -0.25) is 0 Å². The molecule has 14 aromatic carbocycles. The number of rotatable bonds is 12. The highest BCUT2D eigenvalue weighted by atomic mass is 16.3. The van der Waals surface area contributed by atoms with Gasteiger partial charge >= 0.3 is 0 Å². The number of nitrogens with zero attached hydrogens (tertiary/aromatic N) is 10. The van der Waals surface area contributed by atoms with Crippen molar-refractivity contribution in [3.8, 4) is 136 Å². The van der Waals surface area contributed by atoms with Crippen LogP contribution in [-0.2, 0) is 0 Å². The Labute approximate surface area is 639 Å². The quantitative estimate of drug-likeness (QED) is 0.113. The molecule has 0 unspecified atom stereocenters. The van der Waals surface area contributed by atoms with E-state index in [2.05, 4.69) is 72.8 Å². The van der Waals surface area contributed by atoms with E-state index < -0.39 is 0 Å². The number of para-hydroxylation sites is 4. The lowest BCUT2D eigenvalue weighted by atomic mass is 10.0. The smallest absolute Gasteiger partial charge is 0.180 e. The molecule has 14 nitrogen and oxygen atoms in total. The molecule has 0 bridgehead atoms. The summed E-state index contributed by atoms with van der Waals surface area (Å²) in [7, 11) is 0. The predicted molar refractivity (Wildman–Crippen MR) is 445 cm³/mol. The molecule has 8 heterocycles. The van der Waals surface area contributed by atoms with E-state index in [-0.39, 0.29) is 0 Å². The molecule has 0 aliphatic carbocycles. The molecular formula is C98H58N10O4. The molecule has 14 heteroatoms. The van der Waals surface area contributed by atoms with Crippen LogP contribution >= 0.6 is 0 Å². The monoisotopic (exact) mass is 1440 g/mol. The Balaban J connectivity index is 0.000000141. The van der Waals surface area contributed by atoms with Crippen molar-refractivity contribution in [1.82, 2.24) is 49.8 Å². The summed E-state index contributed by atoms with van der Waals surface area (Å²) in [6, 6.07) is 118. The largest absolute Gasteiger partial charge is 0.455 e. The molecule has 0 N–H and O–H groups in total. The van der Waals surface area contributed by atoms with Gasteiger partial charge in [0, 0.05) is 76.8 Å². The third-order valence-corrected chi connectivity index (χ3v) is 20.4. The molecule has 0 saturated heterocycles. The minimum Gasteiger partial charge on any atom is -0.455 e. The first-order chi connectivity index (χ1) is 55.5. The van der Waals surface area contributed by atoms with Crippen molar-refractivity contribution in [2.75, 3.05) is 0 Å². The second kappa shape index (κ2) is 27.4. The van der Waals surface area contributed by atoms with E-state index in [0.717, 1.165) is 144 Å². The zero-order valence-electron chi connectivity index (χ0n) is 59.6. The average molecular weight is 1440 g/mol. The van der Waals surface area contributed by atoms with Crippen LogP contribution in [0.1, 0.15) is 0 Å². The van der Waals surface area contributed by atoms with E-state index in [9.17, 15) is 0 Å². The van der Waals surface area contributed by atoms with Crippen LogP contribution in [0.15, 0.2) is 370 Å². The number of benzene rings is 14. The third-order valence-electron chi connectivity index (χ3n) is 20.4. The van der Waals surface area contributed by atoms with Gasteiger partial charge in [0.1, 0.15) is 55.9 Å². The summed E-state index contributed by atoms with van der Waals surface area (Å²) < 4.78 is 26.2. The van der Waals surface area contributed by atoms with Gasteiger partial charge < -0.3 is 17.7 Å². The number of hydrogen-bond donors (Lipinski definition) is 0. The predicted octanol–water partition coefficient (Wildman–Crippen LogP) is 24.9. The van der Waals surface area contributed by atoms with Gasteiger partial charge in [-0.2, -0.15) is 0 Å². The van der Waals surface area contributed by atoms with Gasteiger partial charge in [0.25, 0.3) is 0 Å². The lowest BCUT2D eigenvalue weighted by molar-refractivity contribution is 0.666. The normalized spacial score (nSPS) is 11.6. The van der Waals surface area contributed by atoms with E-state index >= 15 is 0 Å². The van der Waals surface area contributed by atoms with Crippen molar-refractivity contribution in [2.24, 2.45) is 0 Å². The number of fused-ring (bicyclic) bond motifs is 12. The van der Waals surface area contributed by atoms with Crippen LogP contribution in [0.2, 0.25) is 0 Å². The Kier molecular flexibility index (Phi) is 15.8. The van der Waals surface area contributed by atoms with E-state index in [1.165, 1.54) is 0 Å². The third kappa shape index (κ3) is 11.6. The van der Waals surface area contributed by atoms with Crippen molar-refractivity contribution in [3.05, 3.63) is 352 Å². The van der Waals surface area contributed by atoms with Gasteiger partial charge in [0.2, 0.25) is 0 Å². The van der Waals surface area contributed by atoms with Crippen LogP contribution in [0.3, 0.4) is 0 Å². The molecule has 0 atom stereocenters. The topological polar surface area (TPSA) is 181 Å². The van der Waals surface area contributed by atoms with Crippen molar-refractivity contribution in [3.63, 3.8) is 0 Å². The summed E-state index contributed by atoms with van der Waals surface area (Å²) in [6.07, 6.45) is 0. The Morgan fingerprint density at radius 3 is 0.884 bits per heavy atom. The van der Waals surface area contributed by atoms with Gasteiger partial charge in [-0.05, 0) is 76.9 Å². The van der Waals surface area contributed by atoms with Crippen LogP contribution in [0.5, 0.6) is 0 Å². The lowest BCUT2D eigenvalue weighted by Crippen LogP contribution is -2.00. The summed E-state index contributed by atoms with van der Waals surface area (Å²) >= 11 is 0. The van der Waals surface area contributed by atoms with Crippen molar-refractivity contribution >= 4 is 88.0 Å². The first kappa shape index (κ1) is 64.8. The van der Waals surface area contributed by atoms with E-state index in [1.54, 1.807) is 0 Å². The van der Waals surface area contributed by atoms with Gasteiger partial charge in [0.05, 0.1) is 11.1 Å². The fourth-order valence-corrected chi connectivity index (χ4v) is 15.0. The maximum absolute atomic E-state index is 6.75. The van der Waals surface area contributed by atoms with Crippen LogP contribution < -0.4 is 0 Å². The van der Waals surface area contributed by atoms with Crippen molar-refractivity contribution < 1.29 is 17.7 Å². The fraction of sp³-hybridized carbons (Fsp3) is 0. The Hall–Kier alpha value is -15.5. The molecule has 112 heavy (non-hydrogen) atoms. The summed E-state index contributed by atoms with van der Waals surface area (Å²) in [4.78, 5) is 51.1. The second-order valence-corrected chi connectivity index (χ2v) is 27.2. The van der Waals surface area contributed by atoms with E-state index in [0.29, 0.717) is 80.1 Å². The van der Waals surface area contributed by atoms with Crippen LogP contribution in [0.4, 0.5) is 0 Å². The number of hydrogen-bond acceptors (Lipinski definition) is 14. The standard InChI is InChI=1S/2C49H29N5O2/c1-4-15-30(16-5-1)33-21-12-22-34(29-33)47-52-46(32-19-8-3-9-20-32)53-48(54-47)37-25-14-28-40-41(37)36-24-13-26-38(44(36)56-40)49-50-42(31-17-6-2-7-18-31)45-43(51-49)35-23-10-11-27-39(35)55-45;1-4-14-30(15-5-1)31-26-28-34(29-27-31)47-52-46(33-18-8-3-9-19-33)53-48(54-47)37-22-13-25-40-41(37)36-21-12-23-38(44(36)56-40)49-50-42(32-16-6-2-7-17-32)45-43(51-49)35-20-10-11-24-39(35)55-45/h2*1-29H. The molecule has 22 rings (SSSR count). The summed E-state index contributed by atoms with van der Waals surface area (Å²) in [6.45, 7) is 0. The number of aromatic nitrogens is 10. The highest BCUT2D eigenvalue weighted by Crippen LogP contribution is 2.45. The SMILES string of the molecule is c1ccc(-c2ccc(-c3nc(-c4ccccc4)nc(-c4cccc5oc6c(-c7nc(-c8ccccc8)c8oc9ccccc9c8n7)cccc6c45)n3)cc2)cc1.c1ccc(-c2cccc(-c3nc(-c4ccccc4)nc(-c4cccc5oc6c(-c7nc(-c8ccccc8)c8oc9ccccc9c8n7)cccc6c45)n3)c2)cc1. The average Bonchev–Trinajstić information content (AvgIpc) is 1.58. The zero-order valence-corrected chi connectivity index (χ0v) is 59.6. The molecule has 524 valence electrons. The van der Waals surface area contributed by atoms with Gasteiger partial charge in [-0.15, -0.1) is 0 Å². The molecule has 0 saturated carbocycles. The molecule has 0 amide bonds. The molecule has 0 radical (unpaired) electrons. The maximum Gasteiger partial charge on any atom is 0.180 e. The van der Waals surface area contributed by atoms with Gasteiger partial charge in [-0.1, -0.05) is 297 Å². The Morgan fingerprint density at radius 2 is 0.438 bits per heavy atom. The van der Waals surface area contributed by atoms with Crippen LogP contribution in [-0.4, -0.2) is 49.8 Å². The highest BCUT2D eigenvalue weighted by molar-refractivity contribution is 6.17.